The van der Waals surface area contributed by atoms with E-state index < -0.39 is 4.92 Å². The van der Waals surface area contributed by atoms with E-state index >= 15 is 0 Å². The zero-order chi connectivity index (χ0) is 21.7. The fourth-order valence-corrected chi connectivity index (χ4v) is 3.69. The Kier molecular flexibility index (Phi) is 7.02. The highest BCUT2D eigenvalue weighted by Crippen LogP contribution is 2.25. The van der Waals surface area contributed by atoms with Gasteiger partial charge in [0.1, 0.15) is 0 Å². The summed E-state index contributed by atoms with van der Waals surface area (Å²) in [7, 11) is 3.99. The van der Waals surface area contributed by atoms with E-state index in [2.05, 4.69) is 34.5 Å². The van der Waals surface area contributed by atoms with Gasteiger partial charge >= 0.3 is 0 Å². The summed E-state index contributed by atoms with van der Waals surface area (Å²) in [5, 5.41) is 14.2. The fraction of sp³-hybridized carbons (Fsp3) is 0.409. The Hall–Kier alpha value is -2.97. The number of hydrogen-bond acceptors (Lipinski definition) is 6. The van der Waals surface area contributed by atoms with Gasteiger partial charge in [-0.3, -0.25) is 19.8 Å². The van der Waals surface area contributed by atoms with Crippen molar-refractivity contribution in [3.63, 3.8) is 0 Å². The second kappa shape index (κ2) is 9.69. The lowest BCUT2D eigenvalue weighted by Crippen LogP contribution is -2.43. The molecule has 8 nitrogen and oxygen atoms in total. The second-order valence-electron chi connectivity index (χ2n) is 7.57. The number of nitrogens with one attached hydrogen (secondary N) is 1. The molecule has 2 aromatic carbocycles. The van der Waals surface area contributed by atoms with Gasteiger partial charge in [0.05, 0.1) is 24.2 Å². The summed E-state index contributed by atoms with van der Waals surface area (Å²) in [5.41, 5.74) is 2.87. The minimum Gasteiger partial charge on any atom is -0.379 e. The van der Waals surface area contributed by atoms with E-state index in [0.717, 1.165) is 24.3 Å². The van der Waals surface area contributed by atoms with Crippen molar-refractivity contribution < 1.29 is 14.5 Å². The van der Waals surface area contributed by atoms with Crippen molar-refractivity contribution >= 4 is 17.3 Å². The van der Waals surface area contributed by atoms with Crippen LogP contribution in [-0.2, 0) is 4.74 Å². The van der Waals surface area contributed by atoms with Crippen LogP contribution >= 0.6 is 0 Å². The third-order valence-corrected chi connectivity index (χ3v) is 5.48. The number of nitro benzene ring substituents is 1. The largest absolute Gasteiger partial charge is 0.379 e. The van der Waals surface area contributed by atoms with Crippen molar-refractivity contribution in [2.45, 2.75) is 13.0 Å². The summed E-state index contributed by atoms with van der Waals surface area (Å²) >= 11 is 0. The molecule has 0 bridgehead atoms. The van der Waals surface area contributed by atoms with E-state index in [1.807, 2.05) is 19.0 Å². The highest BCUT2D eigenvalue weighted by Gasteiger charge is 2.24. The first-order valence-corrected chi connectivity index (χ1v) is 9.99. The molecule has 30 heavy (non-hydrogen) atoms. The Morgan fingerprint density at radius 2 is 1.87 bits per heavy atom. The van der Waals surface area contributed by atoms with Crippen LogP contribution in [0.1, 0.15) is 27.5 Å². The Morgan fingerprint density at radius 1 is 1.20 bits per heavy atom. The van der Waals surface area contributed by atoms with Gasteiger partial charge in [0, 0.05) is 56.6 Å². The Labute approximate surface area is 176 Å². The Balaban J connectivity index is 1.79. The zero-order valence-corrected chi connectivity index (χ0v) is 17.6. The predicted molar refractivity (Wildman–Crippen MR) is 116 cm³/mol. The van der Waals surface area contributed by atoms with E-state index in [-0.39, 0.29) is 17.6 Å². The molecule has 0 unspecified atom stereocenters. The molecule has 0 spiro atoms. The SMILES string of the molecule is Cc1c(C(=O)NC[C@H](c2ccc(N(C)C)cc2)N2CCOCC2)cccc1[N+](=O)[O-]. The number of carbonyl (C=O) groups excluding carboxylic acids is 1. The molecule has 1 atom stereocenters. The van der Waals surface area contributed by atoms with Crippen LogP contribution < -0.4 is 10.2 Å². The van der Waals surface area contributed by atoms with E-state index in [1.54, 1.807) is 19.1 Å². The molecule has 2 aromatic rings. The lowest BCUT2D eigenvalue weighted by atomic mass is 10.0. The molecule has 3 rings (SSSR count). The standard InChI is InChI=1S/C22H28N4O4/c1-16-19(5-4-6-20(16)26(28)29)22(27)23-15-21(25-11-13-30-14-12-25)17-7-9-18(10-8-17)24(2)3/h4-10,21H,11-15H2,1-3H3,(H,23,27)/t21-/m1/s1. The smallest absolute Gasteiger partial charge is 0.273 e. The number of benzene rings is 2. The van der Waals surface area contributed by atoms with Crippen molar-refractivity contribution in [3.05, 3.63) is 69.3 Å². The molecule has 1 amide bonds. The summed E-state index contributed by atoms with van der Waals surface area (Å²) < 4.78 is 5.48. The van der Waals surface area contributed by atoms with E-state index in [9.17, 15) is 14.9 Å². The summed E-state index contributed by atoms with van der Waals surface area (Å²) in [5.74, 6) is -0.306. The molecule has 1 N–H and O–H groups in total. The van der Waals surface area contributed by atoms with Gasteiger partial charge < -0.3 is 15.0 Å². The second-order valence-corrected chi connectivity index (χ2v) is 7.57. The lowest BCUT2D eigenvalue weighted by molar-refractivity contribution is -0.385. The van der Waals surface area contributed by atoms with Crippen LogP contribution in [0.15, 0.2) is 42.5 Å². The maximum absolute atomic E-state index is 12.8. The molecule has 1 fully saturated rings. The quantitative estimate of drug-likeness (QED) is 0.556. The minimum atomic E-state index is -0.463. The van der Waals surface area contributed by atoms with Crippen LogP contribution in [0.3, 0.4) is 0 Å². The first-order chi connectivity index (χ1) is 14.4. The summed E-state index contributed by atoms with van der Waals surface area (Å²) in [4.78, 5) is 27.9. The van der Waals surface area contributed by atoms with E-state index in [1.165, 1.54) is 6.07 Å². The number of morpholine rings is 1. The molecule has 1 aliphatic rings. The minimum absolute atomic E-state index is 0.00642. The maximum Gasteiger partial charge on any atom is 0.273 e. The van der Waals surface area contributed by atoms with Gasteiger partial charge in [-0.25, -0.2) is 0 Å². The molecule has 1 heterocycles. The third kappa shape index (κ3) is 4.95. The van der Waals surface area contributed by atoms with Crippen molar-refractivity contribution in [3.8, 4) is 0 Å². The van der Waals surface area contributed by atoms with Crippen LogP contribution in [0.5, 0.6) is 0 Å². The van der Waals surface area contributed by atoms with Crippen LogP contribution in [0.4, 0.5) is 11.4 Å². The number of anilines is 1. The van der Waals surface area contributed by atoms with Crippen LogP contribution in [0.2, 0.25) is 0 Å². The molecule has 0 saturated carbocycles. The number of rotatable bonds is 7. The molecule has 1 saturated heterocycles. The monoisotopic (exact) mass is 412 g/mol. The first kappa shape index (κ1) is 21.7. The molecule has 160 valence electrons. The Bertz CT molecular complexity index is 893. The van der Waals surface area contributed by atoms with Crippen LogP contribution in [0, 0.1) is 17.0 Å². The van der Waals surface area contributed by atoms with Gasteiger partial charge in [-0.15, -0.1) is 0 Å². The van der Waals surface area contributed by atoms with Gasteiger partial charge in [0.15, 0.2) is 0 Å². The Morgan fingerprint density at radius 3 is 2.47 bits per heavy atom. The fourth-order valence-electron chi connectivity index (χ4n) is 3.69. The van der Waals surface area contributed by atoms with E-state index in [0.29, 0.717) is 30.9 Å². The maximum atomic E-state index is 12.8. The van der Waals surface area contributed by atoms with Crippen LogP contribution in [-0.4, -0.2) is 62.7 Å². The lowest BCUT2D eigenvalue weighted by Gasteiger charge is -2.35. The topological polar surface area (TPSA) is 88.0 Å². The normalized spacial score (nSPS) is 15.4. The van der Waals surface area contributed by atoms with Gasteiger partial charge in [-0.2, -0.15) is 0 Å². The molecule has 0 aliphatic carbocycles. The summed E-state index contributed by atoms with van der Waals surface area (Å²) in [6.07, 6.45) is 0. The number of amides is 1. The van der Waals surface area contributed by atoms with E-state index in [4.69, 9.17) is 4.74 Å². The number of hydrogen-bond donors (Lipinski definition) is 1. The first-order valence-electron chi connectivity index (χ1n) is 9.99. The number of nitrogens with zero attached hydrogens (tertiary/aromatic N) is 3. The number of nitro groups is 1. The van der Waals surface area contributed by atoms with Crippen molar-refractivity contribution in [2.75, 3.05) is 51.8 Å². The zero-order valence-electron chi connectivity index (χ0n) is 17.6. The number of carbonyl (C=O) groups is 1. The molecule has 0 aromatic heterocycles. The highest BCUT2D eigenvalue weighted by molar-refractivity contribution is 5.96. The average molecular weight is 412 g/mol. The van der Waals surface area contributed by atoms with Crippen molar-refractivity contribution in [1.82, 2.24) is 10.2 Å². The van der Waals surface area contributed by atoms with Gasteiger partial charge in [0.2, 0.25) is 0 Å². The van der Waals surface area contributed by atoms with Gasteiger partial charge in [-0.1, -0.05) is 18.2 Å². The van der Waals surface area contributed by atoms with Crippen LogP contribution in [0.25, 0.3) is 0 Å². The molecular weight excluding hydrogens is 384 g/mol. The molecular formula is C22H28N4O4. The van der Waals surface area contributed by atoms with Gasteiger partial charge in [-0.05, 0) is 30.7 Å². The highest BCUT2D eigenvalue weighted by atomic mass is 16.6. The summed E-state index contributed by atoms with van der Waals surface area (Å²) in [6, 6.07) is 12.9. The molecule has 8 heteroatoms. The molecule has 1 aliphatic heterocycles. The predicted octanol–water partition coefficient (Wildman–Crippen LogP) is 2.77. The number of ether oxygens (including phenoxy) is 1. The van der Waals surface area contributed by atoms with Crippen molar-refractivity contribution in [1.29, 1.82) is 0 Å². The average Bonchev–Trinajstić information content (AvgIpc) is 2.74. The third-order valence-electron chi connectivity index (χ3n) is 5.48. The molecule has 0 radical (unpaired) electrons. The van der Waals surface area contributed by atoms with Crippen molar-refractivity contribution in [2.24, 2.45) is 0 Å². The summed E-state index contributed by atoms with van der Waals surface area (Å²) in [6.45, 7) is 4.89. The van der Waals surface area contributed by atoms with Gasteiger partial charge in [0.25, 0.3) is 11.6 Å².